The van der Waals surface area contributed by atoms with Crippen molar-refractivity contribution in [3.05, 3.63) is 89.4 Å². The number of aromatic nitrogens is 4. The molecule has 9 nitrogen and oxygen atoms in total. The monoisotopic (exact) mass is 567 g/mol. The Labute approximate surface area is 246 Å². The van der Waals surface area contributed by atoms with E-state index in [1.54, 1.807) is 6.20 Å². The second kappa shape index (κ2) is 13.4. The van der Waals surface area contributed by atoms with Gasteiger partial charge in [0.2, 0.25) is 0 Å². The summed E-state index contributed by atoms with van der Waals surface area (Å²) < 4.78 is 19.5. The maximum absolute atomic E-state index is 9.15. The minimum atomic E-state index is -0.188. The second-order valence-electron chi connectivity index (χ2n) is 11.1. The van der Waals surface area contributed by atoms with E-state index in [2.05, 4.69) is 32.3 Å². The van der Waals surface area contributed by atoms with Gasteiger partial charge in [-0.15, -0.1) is 0 Å². The number of ether oxygens (including phenoxy) is 2. The molecule has 0 amide bonds. The van der Waals surface area contributed by atoms with Gasteiger partial charge in [0.25, 0.3) is 0 Å². The topological polar surface area (TPSA) is 107 Å². The summed E-state index contributed by atoms with van der Waals surface area (Å²) in [6.07, 6.45) is 10.4. The second-order valence-corrected chi connectivity index (χ2v) is 11.1. The van der Waals surface area contributed by atoms with Gasteiger partial charge in [-0.05, 0) is 81.3 Å². The molecule has 0 bridgehead atoms. The molecule has 1 saturated heterocycles. The fourth-order valence-corrected chi connectivity index (χ4v) is 5.38. The number of benzene rings is 1. The van der Waals surface area contributed by atoms with E-state index in [-0.39, 0.29) is 19.0 Å². The fraction of sp³-hybridized carbons (Fsp3) is 0.424. The highest BCUT2D eigenvalue weighted by atomic mass is 16.7. The molecule has 42 heavy (non-hydrogen) atoms. The van der Waals surface area contributed by atoms with Crippen LogP contribution >= 0.6 is 0 Å². The molecule has 4 aromatic rings. The van der Waals surface area contributed by atoms with E-state index in [4.69, 9.17) is 19.1 Å². The van der Waals surface area contributed by atoms with Crippen LogP contribution in [0.3, 0.4) is 0 Å². The summed E-state index contributed by atoms with van der Waals surface area (Å²) in [5, 5.41) is 16.9. The summed E-state index contributed by atoms with van der Waals surface area (Å²) in [5.74, 6) is 8.40. The van der Waals surface area contributed by atoms with E-state index in [9.17, 15) is 0 Å². The highest BCUT2D eigenvalue weighted by Crippen LogP contribution is 2.27. The molecule has 4 heterocycles. The van der Waals surface area contributed by atoms with Crippen molar-refractivity contribution < 1.29 is 19.1 Å². The van der Waals surface area contributed by atoms with Gasteiger partial charge < -0.3 is 29.0 Å². The van der Waals surface area contributed by atoms with Crippen molar-refractivity contribution in [3.63, 3.8) is 0 Å². The zero-order valence-electron chi connectivity index (χ0n) is 23.9. The number of hydrogen-bond acceptors (Lipinski definition) is 8. The molecule has 0 spiro atoms. The lowest BCUT2D eigenvalue weighted by Gasteiger charge is -2.34. The number of rotatable bonds is 10. The van der Waals surface area contributed by atoms with Crippen molar-refractivity contribution in [2.45, 2.75) is 70.6 Å². The Morgan fingerprint density at radius 3 is 2.67 bits per heavy atom. The van der Waals surface area contributed by atoms with Crippen LogP contribution in [0.2, 0.25) is 0 Å². The molecule has 6 rings (SSSR count). The molecule has 0 radical (unpaired) electrons. The summed E-state index contributed by atoms with van der Waals surface area (Å²) in [7, 11) is 0. The lowest BCUT2D eigenvalue weighted by Crippen LogP contribution is -2.42. The van der Waals surface area contributed by atoms with Crippen molar-refractivity contribution in [1.29, 1.82) is 0 Å². The van der Waals surface area contributed by atoms with E-state index in [0.29, 0.717) is 24.3 Å². The molecule has 9 heteroatoms. The van der Waals surface area contributed by atoms with Gasteiger partial charge in [-0.1, -0.05) is 17.0 Å². The number of aliphatic hydroxyl groups excluding tert-OH is 1. The van der Waals surface area contributed by atoms with Crippen molar-refractivity contribution >= 4 is 0 Å². The maximum Gasteiger partial charge on any atom is 0.167 e. The Morgan fingerprint density at radius 2 is 1.90 bits per heavy atom. The van der Waals surface area contributed by atoms with Gasteiger partial charge in [-0.3, -0.25) is 4.98 Å². The van der Waals surface area contributed by atoms with Gasteiger partial charge in [-0.25, -0.2) is 4.98 Å². The first-order valence-corrected chi connectivity index (χ1v) is 14.8. The van der Waals surface area contributed by atoms with Crippen molar-refractivity contribution in [2.75, 3.05) is 13.2 Å². The van der Waals surface area contributed by atoms with Crippen LogP contribution in [0.25, 0.3) is 11.3 Å². The molecular formula is C33H37N5O4. The van der Waals surface area contributed by atoms with Gasteiger partial charge in [0.1, 0.15) is 17.6 Å². The molecule has 0 unspecified atom stereocenters. The number of aliphatic hydroxyl groups is 1. The number of nitrogens with zero attached hydrogens (tertiary/aromatic N) is 4. The third-order valence-electron chi connectivity index (χ3n) is 7.91. The van der Waals surface area contributed by atoms with Crippen LogP contribution < -0.4 is 5.32 Å². The summed E-state index contributed by atoms with van der Waals surface area (Å²) in [5.41, 5.74) is 4.52. The first-order valence-electron chi connectivity index (χ1n) is 14.8. The van der Waals surface area contributed by atoms with Gasteiger partial charge in [0.05, 0.1) is 12.2 Å². The Kier molecular flexibility index (Phi) is 9.06. The van der Waals surface area contributed by atoms with Crippen molar-refractivity contribution in [1.82, 2.24) is 25.0 Å². The van der Waals surface area contributed by atoms with E-state index >= 15 is 0 Å². The first-order chi connectivity index (χ1) is 20.6. The standard InChI is InChI=1S/C33H37N5O4/c1-23(41-32-4-2-3-15-40-32)33-34-13-14-38(33)21-30-18-31(42-37-30)27-10-7-24(8-11-27)5-6-25-9-12-28(35-19-25)20-36-29-16-26(17-29)22-39/h7-14,18-19,23,26,29,32,36,39H,2-4,15-17,20-22H2,1H3/t23-,26?,29?,32-/m0/s1. The molecule has 2 atom stereocenters. The highest BCUT2D eigenvalue weighted by Gasteiger charge is 2.27. The number of hydrogen-bond donors (Lipinski definition) is 2. The predicted octanol–water partition coefficient (Wildman–Crippen LogP) is 4.85. The zero-order chi connectivity index (χ0) is 28.7. The van der Waals surface area contributed by atoms with Gasteiger partial charge in [0.15, 0.2) is 12.1 Å². The smallest absolute Gasteiger partial charge is 0.167 e. The summed E-state index contributed by atoms with van der Waals surface area (Å²) in [6.45, 7) is 4.31. The third-order valence-corrected chi connectivity index (χ3v) is 7.91. The minimum Gasteiger partial charge on any atom is -0.396 e. The van der Waals surface area contributed by atoms with Crippen LogP contribution in [-0.4, -0.2) is 50.3 Å². The van der Waals surface area contributed by atoms with Crippen LogP contribution in [0, 0.1) is 17.8 Å². The van der Waals surface area contributed by atoms with Crippen molar-refractivity contribution in [2.24, 2.45) is 5.92 Å². The molecule has 218 valence electrons. The van der Waals surface area contributed by atoms with Crippen LogP contribution in [-0.2, 0) is 22.6 Å². The van der Waals surface area contributed by atoms with Gasteiger partial charge >= 0.3 is 0 Å². The zero-order valence-corrected chi connectivity index (χ0v) is 23.9. The number of imidazole rings is 1. The van der Waals surface area contributed by atoms with Gasteiger partial charge in [-0.2, -0.15) is 0 Å². The van der Waals surface area contributed by atoms with E-state index in [1.807, 2.05) is 66.3 Å². The van der Waals surface area contributed by atoms with E-state index in [1.165, 1.54) is 0 Å². The molecule has 1 aromatic carbocycles. The predicted molar refractivity (Wildman–Crippen MR) is 157 cm³/mol. The molecule has 2 fully saturated rings. The Balaban J connectivity index is 1.02. The third kappa shape index (κ3) is 7.15. The van der Waals surface area contributed by atoms with Crippen LogP contribution in [0.5, 0.6) is 0 Å². The molecule has 1 aliphatic carbocycles. The van der Waals surface area contributed by atoms with E-state index in [0.717, 1.165) is 79.2 Å². The maximum atomic E-state index is 9.15. The molecule has 1 saturated carbocycles. The fourth-order valence-electron chi connectivity index (χ4n) is 5.38. The molecule has 1 aliphatic heterocycles. The largest absolute Gasteiger partial charge is 0.396 e. The van der Waals surface area contributed by atoms with Crippen LogP contribution in [0.1, 0.15) is 73.5 Å². The number of nitrogens with one attached hydrogen (secondary N) is 1. The molecule has 2 N–H and O–H groups in total. The summed E-state index contributed by atoms with van der Waals surface area (Å²) in [6, 6.07) is 14.4. The minimum absolute atomic E-state index is 0.172. The number of pyridine rings is 1. The Hall–Kier alpha value is -3.81. The SMILES string of the molecule is C[C@H](O[C@H]1CCCCO1)c1nccn1Cc1cc(-c2ccc(C#Cc3ccc(CNC4CC(CO)C4)nc3)cc2)on1. The van der Waals surface area contributed by atoms with Crippen LogP contribution in [0.4, 0.5) is 0 Å². The average Bonchev–Trinajstić information content (AvgIpc) is 3.67. The molecule has 2 aliphatic rings. The highest BCUT2D eigenvalue weighted by molar-refractivity contribution is 5.59. The normalized spacial score (nSPS) is 20.9. The first kappa shape index (κ1) is 28.3. The van der Waals surface area contributed by atoms with E-state index < -0.39 is 0 Å². The lowest BCUT2D eigenvalue weighted by molar-refractivity contribution is -0.188. The van der Waals surface area contributed by atoms with Gasteiger partial charge in [0, 0.05) is 67.1 Å². The lowest BCUT2D eigenvalue weighted by atomic mass is 9.81. The summed E-state index contributed by atoms with van der Waals surface area (Å²) in [4.78, 5) is 9.05. The van der Waals surface area contributed by atoms with Crippen LogP contribution in [0.15, 0.2) is 65.6 Å². The Morgan fingerprint density at radius 1 is 1.07 bits per heavy atom. The molecule has 3 aromatic heterocycles. The molecular weight excluding hydrogens is 530 g/mol. The summed E-state index contributed by atoms with van der Waals surface area (Å²) >= 11 is 0. The van der Waals surface area contributed by atoms with Crippen molar-refractivity contribution in [3.8, 4) is 23.2 Å². The quantitative estimate of drug-likeness (QED) is 0.262. The Bertz CT molecular complexity index is 1490. The average molecular weight is 568 g/mol.